The summed E-state index contributed by atoms with van der Waals surface area (Å²) in [7, 11) is 1.63. The highest BCUT2D eigenvalue weighted by Crippen LogP contribution is 2.57. The third-order valence-electron chi connectivity index (χ3n) is 6.19. The monoisotopic (exact) mass is 435 g/mol. The van der Waals surface area contributed by atoms with E-state index in [0.29, 0.717) is 25.9 Å². The molecule has 1 unspecified atom stereocenters. The van der Waals surface area contributed by atoms with E-state index >= 15 is 8.78 Å². The van der Waals surface area contributed by atoms with Crippen molar-refractivity contribution in [3.8, 4) is 5.75 Å². The first kappa shape index (κ1) is 18.9. The second kappa shape index (κ2) is 6.85. The van der Waals surface area contributed by atoms with Crippen LogP contribution in [0.15, 0.2) is 40.9 Å². The summed E-state index contributed by atoms with van der Waals surface area (Å²) in [4.78, 5) is 2.01. The molecule has 2 aliphatic rings. The van der Waals surface area contributed by atoms with Crippen LogP contribution in [0.3, 0.4) is 0 Å². The lowest BCUT2D eigenvalue weighted by Gasteiger charge is -2.47. The molecule has 1 atom stereocenters. The maximum atomic E-state index is 15.5. The summed E-state index contributed by atoms with van der Waals surface area (Å²) in [5.41, 5.74) is 2.77. The lowest BCUT2D eigenvalue weighted by atomic mass is 9.73. The average molecular weight is 436 g/mol. The standard InChI is InChI=1S/C22H24BrF2NO/c1-15-11-17(23)12-20-19(15)14-26(13-16-5-7-18(27-2)8-6-16)21(20)9-3-4-10-22(21,24)25/h5-8,11-12H,3-4,9-10,13-14H2,1-2H3. The smallest absolute Gasteiger partial charge is 0.270 e. The topological polar surface area (TPSA) is 12.5 Å². The second-order valence-electron chi connectivity index (χ2n) is 7.72. The molecule has 1 aliphatic heterocycles. The van der Waals surface area contributed by atoms with Gasteiger partial charge in [0, 0.05) is 24.0 Å². The fourth-order valence-corrected chi connectivity index (χ4v) is 5.40. The first-order valence-electron chi connectivity index (χ1n) is 9.43. The van der Waals surface area contributed by atoms with E-state index in [1.807, 2.05) is 48.2 Å². The Kier molecular flexibility index (Phi) is 4.79. The van der Waals surface area contributed by atoms with Crippen molar-refractivity contribution < 1.29 is 13.5 Å². The largest absolute Gasteiger partial charge is 0.497 e. The molecule has 2 nitrogen and oxygen atoms in total. The van der Waals surface area contributed by atoms with Crippen molar-refractivity contribution in [3.63, 3.8) is 0 Å². The molecule has 1 aliphatic carbocycles. The van der Waals surface area contributed by atoms with Gasteiger partial charge in [-0.15, -0.1) is 0 Å². The fraction of sp³-hybridized carbons (Fsp3) is 0.455. The molecule has 1 spiro atoms. The molecule has 4 rings (SSSR count). The van der Waals surface area contributed by atoms with Crippen molar-refractivity contribution in [1.82, 2.24) is 4.90 Å². The maximum Gasteiger partial charge on any atom is 0.270 e. The Bertz CT molecular complexity index is 852. The summed E-state index contributed by atoms with van der Waals surface area (Å²) in [6.07, 6.45) is 1.88. The van der Waals surface area contributed by atoms with Crippen molar-refractivity contribution >= 4 is 15.9 Å². The van der Waals surface area contributed by atoms with Crippen molar-refractivity contribution in [2.75, 3.05) is 7.11 Å². The van der Waals surface area contributed by atoms with Gasteiger partial charge in [0.15, 0.2) is 0 Å². The molecule has 0 amide bonds. The van der Waals surface area contributed by atoms with E-state index in [4.69, 9.17) is 4.74 Å². The Hall–Kier alpha value is -1.46. The van der Waals surface area contributed by atoms with Gasteiger partial charge in [-0.2, -0.15) is 0 Å². The van der Waals surface area contributed by atoms with Gasteiger partial charge in [0.1, 0.15) is 11.3 Å². The van der Waals surface area contributed by atoms with Crippen LogP contribution in [0.4, 0.5) is 8.78 Å². The predicted octanol–water partition coefficient (Wildman–Crippen LogP) is 6.19. The summed E-state index contributed by atoms with van der Waals surface area (Å²) in [6.45, 7) is 3.09. The minimum absolute atomic E-state index is 0.0445. The third kappa shape index (κ3) is 2.99. The van der Waals surface area contributed by atoms with Crippen LogP contribution in [0.2, 0.25) is 0 Å². The molecule has 1 heterocycles. The summed E-state index contributed by atoms with van der Waals surface area (Å²) in [6, 6.07) is 11.7. The molecular formula is C22H24BrF2NO. The Morgan fingerprint density at radius 2 is 1.81 bits per heavy atom. The number of rotatable bonds is 3. The number of alkyl halides is 2. The predicted molar refractivity (Wildman–Crippen MR) is 106 cm³/mol. The molecule has 0 bridgehead atoms. The van der Waals surface area contributed by atoms with Gasteiger partial charge in [0.2, 0.25) is 0 Å². The normalized spacial score (nSPS) is 24.2. The Labute approximate surface area is 167 Å². The highest BCUT2D eigenvalue weighted by molar-refractivity contribution is 9.10. The van der Waals surface area contributed by atoms with Crippen molar-refractivity contribution in [2.45, 2.75) is 57.2 Å². The van der Waals surface area contributed by atoms with Gasteiger partial charge in [-0.3, -0.25) is 4.90 Å². The van der Waals surface area contributed by atoms with E-state index in [2.05, 4.69) is 15.9 Å². The molecule has 0 N–H and O–H groups in total. The fourth-order valence-electron chi connectivity index (χ4n) is 4.83. The van der Waals surface area contributed by atoms with Crippen molar-refractivity contribution in [2.24, 2.45) is 0 Å². The first-order valence-corrected chi connectivity index (χ1v) is 10.2. The van der Waals surface area contributed by atoms with Gasteiger partial charge in [0.25, 0.3) is 5.92 Å². The number of methoxy groups -OCH3 is 1. The van der Waals surface area contributed by atoms with Crippen LogP contribution in [-0.4, -0.2) is 17.9 Å². The zero-order chi connectivity index (χ0) is 19.2. The number of aryl methyl sites for hydroxylation is 1. The van der Waals surface area contributed by atoms with Gasteiger partial charge < -0.3 is 4.74 Å². The van der Waals surface area contributed by atoms with Crippen molar-refractivity contribution in [3.05, 3.63) is 63.1 Å². The molecule has 5 heteroatoms. The molecular weight excluding hydrogens is 412 g/mol. The van der Waals surface area contributed by atoms with Gasteiger partial charge in [-0.25, -0.2) is 8.78 Å². The van der Waals surface area contributed by atoms with Crippen molar-refractivity contribution in [1.29, 1.82) is 0 Å². The van der Waals surface area contributed by atoms with E-state index in [1.54, 1.807) is 7.11 Å². The number of halogens is 3. The second-order valence-corrected chi connectivity index (χ2v) is 8.64. The van der Waals surface area contributed by atoms with Gasteiger partial charge in [0.05, 0.1) is 7.11 Å². The first-order chi connectivity index (χ1) is 12.9. The average Bonchev–Trinajstić information content (AvgIpc) is 2.93. The summed E-state index contributed by atoms with van der Waals surface area (Å²) >= 11 is 3.53. The van der Waals surface area contributed by atoms with Crippen LogP contribution in [0.5, 0.6) is 5.75 Å². The number of nitrogens with zero attached hydrogens (tertiary/aromatic N) is 1. The molecule has 1 saturated carbocycles. The lowest BCUT2D eigenvalue weighted by molar-refractivity contribution is -0.173. The van der Waals surface area contributed by atoms with E-state index in [9.17, 15) is 0 Å². The van der Waals surface area contributed by atoms with E-state index in [-0.39, 0.29) is 6.42 Å². The molecule has 2 aromatic rings. The van der Waals surface area contributed by atoms with Crippen LogP contribution in [0, 0.1) is 6.92 Å². The minimum atomic E-state index is -2.74. The van der Waals surface area contributed by atoms with E-state index < -0.39 is 11.5 Å². The van der Waals surface area contributed by atoms with Crippen LogP contribution < -0.4 is 4.74 Å². The SMILES string of the molecule is COc1ccc(CN2Cc3c(C)cc(Br)cc3C23CCCCC3(F)F)cc1. The highest BCUT2D eigenvalue weighted by atomic mass is 79.9. The Balaban J connectivity index is 1.79. The number of fused-ring (bicyclic) bond motifs is 2. The number of hydrogen-bond donors (Lipinski definition) is 0. The lowest BCUT2D eigenvalue weighted by Crippen LogP contribution is -2.55. The van der Waals surface area contributed by atoms with Gasteiger partial charge in [-0.1, -0.05) is 34.5 Å². The molecule has 0 saturated heterocycles. The minimum Gasteiger partial charge on any atom is -0.497 e. The number of ether oxygens (including phenoxy) is 1. The molecule has 144 valence electrons. The Morgan fingerprint density at radius 3 is 2.48 bits per heavy atom. The molecule has 27 heavy (non-hydrogen) atoms. The van der Waals surface area contributed by atoms with Crippen LogP contribution in [0.1, 0.15) is 47.9 Å². The van der Waals surface area contributed by atoms with E-state index in [1.165, 1.54) is 0 Å². The zero-order valence-corrected chi connectivity index (χ0v) is 17.3. The van der Waals surface area contributed by atoms with Crippen LogP contribution >= 0.6 is 15.9 Å². The van der Waals surface area contributed by atoms with Crippen LogP contribution in [0.25, 0.3) is 0 Å². The number of hydrogen-bond acceptors (Lipinski definition) is 2. The summed E-state index contributed by atoms with van der Waals surface area (Å²) in [5, 5.41) is 0. The van der Waals surface area contributed by atoms with Crippen LogP contribution in [-0.2, 0) is 18.6 Å². The molecule has 2 aromatic carbocycles. The third-order valence-corrected chi connectivity index (χ3v) is 6.65. The quantitative estimate of drug-likeness (QED) is 0.569. The van der Waals surface area contributed by atoms with E-state index in [0.717, 1.165) is 38.9 Å². The van der Waals surface area contributed by atoms with Gasteiger partial charge >= 0.3 is 0 Å². The summed E-state index contributed by atoms with van der Waals surface area (Å²) in [5.74, 6) is -1.96. The maximum absolute atomic E-state index is 15.5. The zero-order valence-electron chi connectivity index (χ0n) is 15.7. The number of benzene rings is 2. The Morgan fingerprint density at radius 1 is 1.11 bits per heavy atom. The molecule has 1 fully saturated rings. The molecule has 0 radical (unpaired) electrons. The molecule has 0 aromatic heterocycles. The summed E-state index contributed by atoms with van der Waals surface area (Å²) < 4.78 is 37.1. The highest BCUT2D eigenvalue weighted by Gasteiger charge is 2.62. The van der Waals surface area contributed by atoms with Gasteiger partial charge in [-0.05, 0) is 66.3 Å².